The van der Waals surface area contributed by atoms with Crippen molar-refractivity contribution in [3.05, 3.63) is 28.3 Å². The van der Waals surface area contributed by atoms with Crippen LogP contribution in [0.15, 0.2) is 18.2 Å². The minimum absolute atomic E-state index is 0.150. The molecule has 1 aromatic carbocycles. The fourth-order valence-electron chi connectivity index (χ4n) is 2.92. The molecule has 0 spiro atoms. The largest absolute Gasteiger partial charge is 0.495 e. The summed E-state index contributed by atoms with van der Waals surface area (Å²) in [6.07, 6.45) is 3.42. The summed E-state index contributed by atoms with van der Waals surface area (Å²) in [5, 5.41) is 25.4. The summed E-state index contributed by atoms with van der Waals surface area (Å²) in [5.74, 6) is 0.316. The molecule has 11 heteroatoms. The molecule has 144 valence electrons. The monoisotopic (exact) mass is 392 g/mol. The van der Waals surface area contributed by atoms with Gasteiger partial charge in [0.05, 0.1) is 17.7 Å². The van der Waals surface area contributed by atoms with Crippen LogP contribution in [0.5, 0.6) is 5.75 Å². The lowest BCUT2D eigenvalue weighted by Crippen LogP contribution is -2.37. The van der Waals surface area contributed by atoms with E-state index in [-0.39, 0.29) is 11.4 Å². The van der Waals surface area contributed by atoms with Crippen LogP contribution in [0.2, 0.25) is 0 Å². The molecular weight excluding hydrogens is 372 g/mol. The van der Waals surface area contributed by atoms with Crippen molar-refractivity contribution < 1.29 is 14.5 Å². The number of methoxy groups -OCH3 is 1. The van der Waals surface area contributed by atoms with Crippen molar-refractivity contribution in [2.24, 2.45) is 0 Å². The van der Waals surface area contributed by atoms with Crippen LogP contribution in [0.1, 0.15) is 26.2 Å². The van der Waals surface area contributed by atoms with Crippen molar-refractivity contribution in [2.75, 3.05) is 29.2 Å². The first-order chi connectivity index (χ1) is 13.0. The van der Waals surface area contributed by atoms with Crippen LogP contribution in [-0.4, -0.2) is 40.8 Å². The highest BCUT2D eigenvalue weighted by atomic mass is 32.1. The lowest BCUT2D eigenvalue weighted by molar-refractivity contribution is -0.384. The third-order valence-corrected chi connectivity index (χ3v) is 5.20. The molecule has 0 saturated carbocycles. The molecule has 10 nitrogen and oxygen atoms in total. The van der Waals surface area contributed by atoms with Crippen molar-refractivity contribution in [2.45, 2.75) is 32.2 Å². The molecule has 2 amide bonds. The second kappa shape index (κ2) is 8.16. The van der Waals surface area contributed by atoms with E-state index in [9.17, 15) is 14.9 Å². The first-order valence-corrected chi connectivity index (χ1v) is 9.30. The van der Waals surface area contributed by atoms with Crippen LogP contribution in [-0.2, 0) is 0 Å². The van der Waals surface area contributed by atoms with Gasteiger partial charge in [-0.2, -0.15) is 0 Å². The van der Waals surface area contributed by atoms with E-state index < -0.39 is 11.0 Å². The summed E-state index contributed by atoms with van der Waals surface area (Å²) in [4.78, 5) is 24.8. The number of nitrogens with zero attached hydrogens (tertiary/aromatic N) is 4. The number of benzene rings is 1. The molecule has 1 aromatic heterocycles. The zero-order valence-electron chi connectivity index (χ0n) is 15.0. The Bertz CT molecular complexity index is 842. The van der Waals surface area contributed by atoms with Gasteiger partial charge in [0.1, 0.15) is 5.75 Å². The number of aromatic nitrogens is 2. The maximum Gasteiger partial charge on any atom is 0.325 e. The number of nitrogens with one attached hydrogen (secondary N) is 2. The smallest absolute Gasteiger partial charge is 0.325 e. The summed E-state index contributed by atoms with van der Waals surface area (Å²) in [6, 6.07) is 3.78. The number of hydrogen-bond donors (Lipinski definition) is 2. The summed E-state index contributed by atoms with van der Waals surface area (Å²) in [5.41, 5.74) is 0.0435. The number of piperidine rings is 1. The van der Waals surface area contributed by atoms with Gasteiger partial charge in [-0.15, -0.1) is 10.2 Å². The minimum Gasteiger partial charge on any atom is -0.495 e. The average Bonchev–Trinajstić information content (AvgIpc) is 3.10. The summed E-state index contributed by atoms with van der Waals surface area (Å²) in [7, 11) is 1.42. The second-order valence-corrected chi connectivity index (χ2v) is 7.10. The van der Waals surface area contributed by atoms with E-state index in [2.05, 4.69) is 32.7 Å². The molecule has 27 heavy (non-hydrogen) atoms. The van der Waals surface area contributed by atoms with Crippen molar-refractivity contribution in [3.8, 4) is 5.75 Å². The highest BCUT2D eigenvalue weighted by Gasteiger charge is 2.22. The maximum absolute atomic E-state index is 12.3. The molecule has 1 saturated heterocycles. The van der Waals surface area contributed by atoms with E-state index in [1.165, 1.54) is 43.1 Å². The predicted octanol–water partition coefficient (Wildman–Crippen LogP) is 3.48. The van der Waals surface area contributed by atoms with Crippen LogP contribution >= 0.6 is 11.3 Å². The van der Waals surface area contributed by atoms with E-state index in [0.717, 1.165) is 24.5 Å². The molecule has 1 atom stereocenters. The van der Waals surface area contributed by atoms with Crippen LogP contribution in [0.4, 0.5) is 26.4 Å². The number of ether oxygens (including phenoxy) is 1. The second-order valence-electron chi connectivity index (χ2n) is 6.15. The van der Waals surface area contributed by atoms with Crippen molar-refractivity contribution in [1.29, 1.82) is 0 Å². The van der Waals surface area contributed by atoms with E-state index in [1.807, 2.05) is 0 Å². The third-order valence-electron chi connectivity index (χ3n) is 4.33. The van der Waals surface area contributed by atoms with Crippen molar-refractivity contribution in [3.63, 3.8) is 0 Å². The predicted molar refractivity (Wildman–Crippen MR) is 103 cm³/mol. The number of anilines is 3. The zero-order valence-corrected chi connectivity index (χ0v) is 15.8. The van der Waals surface area contributed by atoms with Gasteiger partial charge in [-0.3, -0.25) is 15.4 Å². The molecule has 1 aliphatic rings. The first-order valence-electron chi connectivity index (χ1n) is 8.48. The fourth-order valence-corrected chi connectivity index (χ4v) is 3.79. The normalized spacial score (nSPS) is 16.7. The Hall–Kier alpha value is -2.95. The molecule has 2 heterocycles. The van der Waals surface area contributed by atoms with Gasteiger partial charge in [-0.05, 0) is 32.3 Å². The topological polar surface area (TPSA) is 123 Å². The van der Waals surface area contributed by atoms with Crippen molar-refractivity contribution in [1.82, 2.24) is 10.2 Å². The first kappa shape index (κ1) is 18.8. The molecular formula is C16H20N6O4S. The third kappa shape index (κ3) is 4.42. The van der Waals surface area contributed by atoms with Gasteiger partial charge < -0.3 is 15.0 Å². The number of rotatable bonds is 5. The number of carbonyl (C=O) groups is 1. The number of amides is 2. The lowest BCUT2D eigenvalue weighted by Gasteiger charge is -2.32. The van der Waals surface area contributed by atoms with Crippen molar-refractivity contribution >= 4 is 39.0 Å². The SMILES string of the molecule is COc1ccc([N+](=O)[O-])cc1NC(=O)Nc1nnc(N2CCCC[C@@H]2C)s1. The van der Waals surface area contributed by atoms with Crippen LogP contribution in [0, 0.1) is 10.1 Å². The van der Waals surface area contributed by atoms with Gasteiger partial charge in [0.2, 0.25) is 10.3 Å². The molecule has 0 unspecified atom stereocenters. The molecule has 2 N–H and O–H groups in total. The minimum atomic E-state index is -0.580. The van der Waals surface area contributed by atoms with E-state index in [4.69, 9.17) is 4.74 Å². The molecule has 0 radical (unpaired) electrons. The highest BCUT2D eigenvalue weighted by molar-refractivity contribution is 7.19. The number of non-ortho nitro benzene ring substituents is 1. The number of nitro benzene ring substituents is 1. The summed E-state index contributed by atoms with van der Waals surface area (Å²) < 4.78 is 5.13. The molecule has 3 rings (SSSR count). The lowest BCUT2D eigenvalue weighted by atomic mass is 10.1. The Balaban J connectivity index is 1.68. The van der Waals surface area contributed by atoms with Gasteiger partial charge >= 0.3 is 6.03 Å². The summed E-state index contributed by atoms with van der Waals surface area (Å²) in [6.45, 7) is 3.07. The Kier molecular flexibility index (Phi) is 5.69. The number of urea groups is 1. The number of hydrogen-bond acceptors (Lipinski definition) is 8. The highest BCUT2D eigenvalue weighted by Crippen LogP contribution is 2.31. The Morgan fingerprint density at radius 3 is 2.89 bits per heavy atom. The average molecular weight is 392 g/mol. The van der Waals surface area contributed by atoms with Gasteiger partial charge in [0.15, 0.2) is 0 Å². The van der Waals surface area contributed by atoms with E-state index >= 15 is 0 Å². The molecule has 2 aromatic rings. The van der Waals surface area contributed by atoms with Gasteiger partial charge in [0.25, 0.3) is 5.69 Å². The van der Waals surface area contributed by atoms with E-state index in [1.54, 1.807) is 0 Å². The van der Waals surface area contributed by atoms with Crippen LogP contribution in [0.25, 0.3) is 0 Å². The standard InChI is InChI=1S/C16H20N6O4S/c1-10-5-3-4-8-21(10)16-20-19-15(27-16)18-14(23)17-12-9-11(22(24)25)6-7-13(12)26-2/h6-7,9-10H,3-5,8H2,1-2H3,(H2,17,18,19,23)/t10-/m0/s1. The van der Waals surface area contributed by atoms with E-state index in [0.29, 0.717) is 16.9 Å². The maximum atomic E-state index is 12.3. The molecule has 0 bridgehead atoms. The van der Waals surface area contributed by atoms with Crippen LogP contribution in [0.3, 0.4) is 0 Å². The Labute approximate surface area is 159 Å². The van der Waals surface area contributed by atoms with Gasteiger partial charge in [-0.25, -0.2) is 4.79 Å². The van der Waals surface area contributed by atoms with Gasteiger partial charge in [-0.1, -0.05) is 11.3 Å². The fraction of sp³-hybridized carbons (Fsp3) is 0.438. The molecule has 1 aliphatic heterocycles. The summed E-state index contributed by atoms with van der Waals surface area (Å²) >= 11 is 1.29. The Morgan fingerprint density at radius 1 is 1.37 bits per heavy atom. The zero-order chi connectivity index (χ0) is 19.4. The Morgan fingerprint density at radius 2 is 2.19 bits per heavy atom. The number of carbonyl (C=O) groups excluding carboxylic acids is 1. The molecule has 0 aliphatic carbocycles. The number of nitro groups is 1. The van der Waals surface area contributed by atoms with Crippen LogP contribution < -0.4 is 20.3 Å². The molecule has 1 fully saturated rings. The quantitative estimate of drug-likeness (QED) is 0.590. The van der Waals surface area contributed by atoms with Gasteiger partial charge in [0, 0.05) is 24.7 Å².